The van der Waals surface area contributed by atoms with Crippen LogP contribution in [0, 0.1) is 17.3 Å². The molecule has 2 bridgehead atoms. The van der Waals surface area contributed by atoms with E-state index < -0.39 is 7.12 Å². The Bertz CT molecular complexity index is 796. The fourth-order valence-corrected chi connectivity index (χ4v) is 6.60. The molecule has 1 aromatic carbocycles. The summed E-state index contributed by atoms with van der Waals surface area (Å²) in [7, 11) is -0.415. The zero-order chi connectivity index (χ0) is 21.6. The largest absolute Gasteiger partial charge is 0.482 e. The van der Waals surface area contributed by atoms with E-state index in [9.17, 15) is 4.79 Å². The van der Waals surface area contributed by atoms with Gasteiger partial charge in [0.2, 0.25) is 5.91 Å². The molecule has 3 aliphatic carbocycles. The van der Waals surface area contributed by atoms with Crippen molar-refractivity contribution in [2.24, 2.45) is 17.3 Å². The molecule has 6 heteroatoms. The molecule has 31 heavy (non-hydrogen) atoms. The van der Waals surface area contributed by atoms with Gasteiger partial charge in [-0.05, 0) is 68.3 Å². The van der Waals surface area contributed by atoms with Gasteiger partial charge in [-0.15, -0.1) is 0 Å². The maximum Gasteiger partial charge on any atom is 0.482 e. The SMILES string of the molecule is CC1(C)[C@@H]2C[C@H]3OB([C@H](Cc4ccccc4)NC(=O)C[C@@H]4CCCCO4)O[C@@]3(C)[C@H]1C2. The van der Waals surface area contributed by atoms with E-state index in [1.165, 1.54) is 12.0 Å². The highest BCUT2D eigenvalue weighted by molar-refractivity contribution is 6.48. The van der Waals surface area contributed by atoms with E-state index in [0.29, 0.717) is 30.1 Å². The maximum absolute atomic E-state index is 12.9. The van der Waals surface area contributed by atoms with Gasteiger partial charge in [0, 0.05) is 6.61 Å². The predicted octanol–water partition coefficient (Wildman–Crippen LogP) is 3.94. The molecular weight excluding hydrogens is 389 g/mol. The number of nitrogens with one attached hydrogen (secondary N) is 1. The number of carbonyl (C=O) groups excluding carboxylic acids is 1. The van der Waals surface area contributed by atoms with E-state index in [0.717, 1.165) is 32.3 Å². The molecule has 6 rings (SSSR count). The minimum absolute atomic E-state index is 0.0321. The van der Waals surface area contributed by atoms with Gasteiger partial charge in [0.05, 0.1) is 30.2 Å². The predicted molar refractivity (Wildman–Crippen MR) is 120 cm³/mol. The minimum Gasteiger partial charge on any atom is -0.404 e. The van der Waals surface area contributed by atoms with Crippen LogP contribution in [0.1, 0.15) is 64.9 Å². The van der Waals surface area contributed by atoms with Crippen molar-refractivity contribution in [2.75, 3.05) is 6.61 Å². The van der Waals surface area contributed by atoms with Crippen molar-refractivity contribution in [1.29, 1.82) is 0 Å². The van der Waals surface area contributed by atoms with Gasteiger partial charge in [0.1, 0.15) is 0 Å². The van der Waals surface area contributed by atoms with Crippen molar-refractivity contribution in [3.63, 3.8) is 0 Å². The van der Waals surface area contributed by atoms with E-state index in [-0.39, 0.29) is 29.7 Å². The summed E-state index contributed by atoms with van der Waals surface area (Å²) in [4.78, 5) is 12.9. The van der Waals surface area contributed by atoms with Crippen molar-refractivity contribution in [2.45, 2.75) is 89.5 Å². The summed E-state index contributed by atoms with van der Waals surface area (Å²) in [6, 6.07) is 10.3. The van der Waals surface area contributed by atoms with Crippen molar-refractivity contribution in [3.05, 3.63) is 35.9 Å². The zero-order valence-electron chi connectivity index (χ0n) is 19.1. The number of rotatable bonds is 6. The molecule has 0 aromatic heterocycles. The van der Waals surface area contributed by atoms with Gasteiger partial charge in [-0.1, -0.05) is 44.2 Å². The molecule has 2 heterocycles. The Hall–Kier alpha value is -1.37. The van der Waals surface area contributed by atoms with Crippen molar-refractivity contribution < 1.29 is 18.8 Å². The molecule has 5 aliphatic rings. The summed E-state index contributed by atoms with van der Waals surface area (Å²) in [5, 5.41) is 3.26. The first kappa shape index (κ1) is 21.5. The third kappa shape index (κ3) is 3.96. The van der Waals surface area contributed by atoms with Crippen LogP contribution in [0.2, 0.25) is 0 Å². The number of hydrogen-bond acceptors (Lipinski definition) is 4. The molecule has 6 atom stereocenters. The second-order valence-electron chi connectivity index (χ2n) is 10.9. The lowest BCUT2D eigenvalue weighted by atomic mass is 9.43. The summed E-state index contributed by atoms with van der Waals surface area (Å²) in [5.41, 5.74) is 1.22. The highest BCUT2D eigenvalue weighted by Gasteiger charge is 2.68. The topological polar surface area (TPSA) is 56.8 Å². The van der Waals surface area contributed by atoms with Gasteiger partial charge in [0.15, 0.2) is 0 Å². The molecule has 5 nitrogen and oxygen atoms in total. The van der Waals surface area contributed by atoms with Crippen LogP contribution in [-0.4, -0.2) is 43.4 Å². The molecule has 3 saturated carbocycles. The number of hydrogen-bond donors (Lipinski definition) is 1. The molecule has 2 saturated heterocycles. The second-order valence-corrected chi connectivity index (χ2v) is 10.9. The van der Waals surface area contributed by atoms with Gasteiger partial charge >= 0.3 is 7.12 Å². The van der Waals surface area contributed by atoms with Crippen LogP contribution in [0.4, 0.5) is 0 Å². The Morgan fingerprint density at radius 1 is 1.19 bits per heavy atom. The highest BCUT2D eigenvalue weighted by Crippen LogP contribution is 2.65. The lowest BCUT2D eigenvalue weighted by Crippen LogP contribution is -2.65. The Morgan fingerprint density at radius 2 is 2.00 bits per heavy atom. The molecule has 0 radical (unpaired) electrons. The Morgan fingerprint density at radius 3 is 2.71 bits per heavy atom. The summed E-state index contributed by atoms with van der Waals surface area (Å²) in [6.45, 7) is 7.74. The van der Waals surface area contributed by atoms with Crippen molar-refractivity contribution in [3.8, 4) is 0 Å². The van der Waals surface area contributed by atoms with Gasteiger partial charge in [0.25, 0.3) is 0 Å². The molecular formula is C25H36BNO4. The van der Waals surface area contributed by atoms with Crippen LogP contribution >= 0.6 is 0 Å². The van der Waals surface area contributed by atoms with Crippen LogP contribution in [0.15, 0.2) is 30.3 Å². The van der Waals surface area contributed by atoms with Crippen LogP contribution in [0.25, 0.3) is 0 Å². The van der Waals surface area contributed by atoms with E-state index in [4.69, 9.17) is 14.0 Å². The van der Waals surface area contributed by atoms with Crippen LogP contribution in [0.5, 0.6) is 0 Å². The Labute approximate surface area is 186 Å². The van der Waals surface area contributed by atoms with Gasteiger partial charge in [-0.3, -0.25) is 4.79 Å². The first-order chi connectivity index (χ1) is 14.9. The summed E-state index contributed by atoms with van der Waals surface area (Å²) < 4.78 is 19.0. The number of benzene rings is 1. The first-order valence-corrected chi connectivity index (χ1v) is 12.1. The zero-order valence-corrected chi connectivity index (χ0v) is 19.1. The number of carbonyl (C=O) groups is 1. The Kier molecular flexibility index (Phi) is 5.68. The summed E-state index contributed by atoms with van der Waals surface area (Å²) >= 11 is 0. The van der Waals surface area contributed by atoms with E-state index in [1.54, 1.807) is 0 Å². The molecule has 1 N–H and O–H groups in total. The molecule has 1 amide bonds. The van der Waals surface area contributed by atoms with Gasteiger partial charge in [-0.25, -0.2) is 0 Å². The standard InChI is InChI=1S/C25H36BNO4/c1-24(2)18-14-20(24)25(3)21(15-18)30-26(31-25)22(13-17-9-5-4-6-10-17)27-23(28)16-19-11-7-8-12-29-19/h4-6,9-10,18-22H,7-8,11-16H2,1-3H3,(H,27,28)/t18-,19-,20-,21+,22-,25-/m0/s1. The molecule has 0 spiro atoms. The molecule has 5 fully saturated rings. The van der Waals surface area contributed by atoms with Gasteiger partial charge < -0.3 is 19.4 Å². The van der Waals surface area contributed by atoms with E-state index >= 15 is 0 Å². The third-order valence-electron chi connectivity index (χ3n) is 8.63. The molecule has 2 aliphatic heterocycles. The molecule has 1 aromatic rings. The normalized spacial score (nSPS) is 36.9. The maximum atomic E-state index is 12.9. The molecule has 0 unspecified atom stereocenters. The summed E-state index contributed by atoms with van der Waals surface area (Å²) in [5.74, 6) is 1.05. The fourth-order valence-electron chi connectivity index (χ4n) is 6.60. The first-order valence-electron chi connectivity index (χ1n) is 12.1. The van der Waals surface area contributed by atoms with E-state index in [1.807, 2.05) is 18.2 Å². The average molecular weight is 425 g/mol. The third-order valence-corrected chi connectivity index (χ3v) is 8.63. The summed E-state index contributed by atoms with van der Waals surface area (Å²) in [6.07, 6.45) is 6.74. The van der Waals surface area contributed by atoms with Crippen molar-refractivity contribution >= 4 is 13.0 Å². The quantitative estimate of drug-likeness (QED) is 0.702. The van der Waals surface area contributed by atoms with Crippen LogP contribution < -0.4 is 5.32 Å². The van der Waals surface area contributed by atoms with Crippen LogP contribution in [-0.2, 0) is 25.3 Å². The highest BCUT2D eigenvalue weighted by atomic mass is 16.7. The smallest absolute Gasteiger partial charge is 0.404 e. The monoisotopic (exact) mass is 425 g/mol. The second kappa shape index (κ2) is 8.20. The lowest BCUT2D eigenvalue weighted by molar-refractivity contribution is -0.199. The van der Waals surface area contributed by atoms with Gasteiger partial charge in [-0.2, -0.15) is 0 Å². The van der Waals surface area contributed by atoms with Crippen molar-refractivity contribution in [1.82, 2.24) is 5.32 Å². The number of ether oxygens (including phenoxy) is 1. The molecule has 168 valence electrons. The number of amides is 1. The average Bonchev–Trinajstić information content (AvgIpc) is 3.12. The Balaban J connectivity index is 1.30. The fraction of sp³-hybridized carbons (Fsp3) is 0.720. The minimum atomic E-state index is -0.415. The van der Waals surface area contributed by atoms with Crippen LogP contribution in [0.3, 0.4) is 0 Å². The lowest BCUT2D eigenvalue weighted by Gasteiger charge is -2.64. The van der Waals surface area contributed by atoms with E-state index in [2.05, 4.69) is 38.2 Å².